The van der Waals surface area contributed by atoms with E-state index < -0.39 is 6.10 Å². The highest BCUT2D eigenvalue weighted by atomic mass is 35.5. The first-order chi connectivity index (χ1) is 10.5. The van der Waals surface area contributed by atoms with Gasteiger partial charge in [0.1, 0.15) is 5.69 Å². The van der Waals surface area contributed by atoms with Crippen molar-refractivity contribution >= 4 is 17.5 Å². The lowest BCUT2D eigenvalue weighted by Crippen LogP contribution is -2.42. The molecule has 0 aliphatic carbocycles. The van der Waals surface area contributed by atoms with Crippen LogP contribution in [-0.2, 0) is 7.05 Å². The number of carbonyl (C=O) groups excluding carboxylic acids is 1. The summed E-state index contributed by atoms with van der Waals surface area (Å²) in [5.41, 5.74) is 1.31. The van der Waals surface area contributed by atoms with Gasteiger partial charge in [0, 0.05) is 19.8 Å². The molecule has 22 heavy (non-hydrogen) atoms. The Labute approximate surface area is 135 Å². The fourth-order valence-corrected chi connectivity index (χ4v) is 2.85. The molecule has 5 heteroatoms. The van der Waals surface area contributed by atoms with E-state index in [0.29, 0.717) is 17.3 Å². The minimum Gasteiger partial charge on any atom is -0.386 e. The van der Waals surface area contributed by atoms with Gasteiger partial charge in [-0.2, -0.15) is 0 Å². The molecular formula is C17H21ClN2O2. The molecule has 1 amide bonds. The van der Waals surface area contributed by atoms with Crippen LogP contribution in [-0.4, -0.2) is 33.1 Å². The first kappa shape index (κ1) is 16.6. The number of aryl methyl sites for hydroxylation is 1. The summed E-state index contributed by atoms with van der Waals surface area (Å²) in [5, 5.41) is 11.1. The smallest absolute Gasteiger partial charge is 0.270 e. The summed E-state index contributed by atoms with van der Waals surface area (Å²) in [7, 11) is 1.78. The number of rotatable bonds is 5. The van der Waals surface area contributed by atoms with Gasteiger partial charge in [0.2, 0.25) is 0 Å². The number of amides is 1. The number of hydrogen-bond acceptors (Lipinski definition) is 2. The molecule has 0 saturated heterocycles. The third-order valence-corrected chi connectivity index (χ3v) is 4.09. The Bertz CT molecular complexity index is 639. The Balaban J connectivity index is 2.23. The van der Waals surface area contributed by atoms with Crippen LogP contribution in [0.15, 0.2) is 42.6 Å². The van der Waals surface area contributed by atoms with Gasteiger partial charge in [-0.25, -0.2) is 0 Å². The van der Waals surface area contributed by atoms with Crippen molar-refractivity contribution < 1.29 is 9.90 Å². The van der Waals surface area contributed by atoms with Gasteiger partial charge in [-0.15, -0.1) is 0 Å². The predicted molar refractivity (Wildman–Crippen MR) is 88.0 cm³/mol. The first-order valence-corrected chi connectivity index (χ1v) is 7.69. The molecule has 2 aromatic rings. The van der Waals surface area contributed by atoms with Crippen LogP contribution in [0.1, 0.15) is 36.0 Å². The fourth-order valence-electron chi connectivity index (χ4n) is 2.60. The van der Waals surface area contributed by atoms with Gasteiger partial charge in [0.25, 0.3) is 5.91 Å². The molecule has 4 nitrogen and oxygen atoms in total. The van der Waals surface area contributed by atoms with Crippen LogP contribution >= 0.6 is 11.6 Å². The van der Waals surface area contributed by atoms with E-state index in [4.69, 9.17) is 11.6 Å². The standard InChI is InChI=1S/C17H21ClN2O2/c1-4-20(17(22)15-10-14(18)11-19(15)3)12(2)16(21)13-8-6-5-7-9-13/h5-12,16,21H,4H2,1-3H3. The quantitative estimate of drug-likeness (QED) is 0.919. The molecule has 0 bridgehead atoms. The van der Waals surface area contributed by atoms with Crippen molar-refractivity contribution in [1.82, 2.24) is 9.47 Å². The topological polar surface area (TPSA) is 45.5 Å². The maximum Gasteiger partial charge on any atom is 0.270 e. The Hall–Kier alpha value is -1.78. The molecule has 1 aromatic carbocycles. The van der Waals surface area contributed by atoms with Gasteiger partial charge < -0.3 is 14.6 Å². The van der Waals surface area contributed by atoms with Gasteiger partial charge in [-0.1, -0.05) is 41.9 Å². The van der Waals surface area contributed by atoms with Gasteiger partial charge in [0.05, 0.1) is 17.2 Å². The second kappa shape index (κ2) is 6.99. The summed E-state index contributed by atoms with van der Waals surface area (Å²) in [6.07, 6.45) is 0.960. The zero-order valence-electron chi connectivity index (χ0n) is 13.0. The van der Waals surface area contributed by atoms with Crippen LogP contribution < -0.4 is 0 Å². The second-order valence-corrected chi connectivity index (χ2v) is 5.78. The summed E-state index contributed by atoms with van der Waals surface area (Å²) < 4.78 is 1.70. The van der Waals surface area contributed by atoms with Gasteiger partial charge in [0.15, 0.2) is 0 Å². The first-order valence-electron chi connectivity index (χ1n) is 7.31. The van der Waals surface area contributed by atoms with Crippen molar-refractivity contribution in [2.24, 2.45) is 7.05 Å². The molecule has 0 aliphatic heterocycles. The van der Waals surface area contributed by atoms with Crippen LogP contribution in [0.25, 0.3) is 0 Å². The van der Waals surface area contributed by atoms with Crippen molar-refractivity contribution in [3.05, 3.63) is 58.9 Å². The molecular weight excluding hydrogens is 300 g/mol. The van der Waals surface area contributed by atoms with Crippen LogP contribution in [0, 0.1) is 0 Å². The number of carbonyl (C=O) groups is 1. The van der Waals surface area contributed by atoms with E-state index in [1.807, 2.05) is 44.2 Å². The van der Waals surface area contributed by atoms with E-state index >= 15 is 0 Å². The van der Waals surface area contributed by atoms with E-state index in [9.17, 15) is 9.90 Å². The van der Waals surface area contributed by atoms with Crippen molar-refractivity contribution in [2.45, 2.75) is 26.0 Å². The number of aliphatic hydroxyl groups excluding tert-OH is 1. The zero-order valence-corrected chi connectivity index (χ0v) is 13.8. The largest absolute Gasteiger partial charge is 0.386 e. The molecule has 1 N–H and O–H groups in total. The van der Waals surface area contributed by atoms with Crippen molar-refractivity contribution in [2.75, 3.05) is 6.54 Å². The highest BCUT2D eigenvalue weighted by Crippen LogP contribution is 2.23. The zero-order chi connectivity index (χ0) is 16.3. The third kappa shape index (κ3) is 3.34. The summed E-state index contributed by atoms with van der Waals surface area (Å²) in [4.78, 5) is 14.4. The number of nitrogens with zero attached hydrogens (tertiary/aromatic N) is 2. The van der Waals surface area contributed by atoms with E-state index in [0.717, 1.165) is 5.56 Å². The van der Waals surface area contributed by atoms with E-state index in [1.54, 1.807) is 28.8 Å². The molecule has 2 atom stereocenters. The number of halogens is 1. The molecule has 2 unspecified atom stereocenters. The highest BCUT2D eigenvalue weighted by Gasteiger charge is 2.28. The fraction of sp³-hybridized carbons (Fsp3) is 0.353. The Kier molecular flexibility index (Phi) is 5.27. The summed E-state index contributed by atoms with van der Waals surface area (Å²) >= 11 is 5.95. The number of aromatic nitrogens is 1. The van der Waals surface area contributed by atoms with Gasteiger partial charge in [-0.3, -0.25) is 4.79 Å². The molecule has 0 spiro atoms. The summed E-state index contributed by atoms with van der Waals surface area (Å²) in [6.45, 7) is 4.26. The van der Waals surface area contributed by atoms with Gasteiger partial charge in [-0.05, 0) is 25.5 Å². The maximum atomic E-state index is 12.7. The normalized spacial score (nSPS) is 13.7. The molecule has 0 aliphatic rings. The molecule has 0 fully saturated rings. The van der Waals surface area contributed by atoms with E-state index in [2.05, 4.69) is 0 Å². The average molecular weight is 321 g/mol. The van der Waals surface area contributed by atoms with Crippen LogP contribution in [0.3, 0.4) is 0 Å². The number of likely N-dealkylation sites (N-methyl/N-ethyl adjacent to an activating group) is 1. The molecule has 1 heterocycles. The van der Waals surface area contributed by atoms with E-state index in [-0.39, 0.29) is 11.9 Å². The Morgan fingerprint density at radius 2 is 2.00 bits per heavy atom. The lowest BCUT2D eigenvalue weighted by Gasteiger charge is -2.31. The summed E-state index contributed by atoms with van der Waals surface area (Å²) in [6, 6.07) is 10.7. The predicted octanol–water partition coefficient (Wildman–Crippen LogP) is 3.26. The van der Waals surface area contributed by atoms with E-state index in [1.165, 1.54) is 0 Å². The van der Waals surface area contributed by atoms with Crippen LogP contribution in [0.4, 0.5) is 0 Å². The van der Waals surface area contributed by atoms with Crippen molar-refractivity contribution in [3.8, 4) is 0 Å². The summed E-state index contributed by atoms with van der Waals surface area (Å²) in [5.74, 6) is -0.139. The molecule has 2 rings (SSSR count). The lowest BCUT2D eigenvalue weighted by molar-refractivity contribution is 0.0412. The van der Waals surface area contributed by atoms with Crippen LogP contribution in [0.2, 0.25) is 5.02 Å². The molecule has 0 radical (unpaired) electrons. The third-order valence-electron chi connectivity index (χ3n) is 3.88. The molecule has 1 aromatic heterocycles. The minimum atomic E-state index is -0.735. The number of benzene rings is 1. The van der Waals surface area contributed by atoms with Crippen molar-refractivity contribution in [1.29, 1.82) is 0 Å². The molecule has 118 valence electrons. The SMILES string of the molecule is CCN(C(=O)c1cc(Cl)cn1C)C(C)C(O)c1ccccc1. The lowest BCUT2D eigenvalue weighted by atomic mass is 10.0. The number of aliphatic hydroxyl groups is 1. The minimum absolute atomic E-state index is 0.139. The second-order valence-electron chi connectivity index (χ2n) is 5.34. The number of hydrogen-bond donors (Lipinski definition) is 1. The molecule has 0 saturated carbocycles. The maximum absolute atomic E-state index is 12.7. The Morgan fingerprint density at radius 1 is 1.36 bits per heavy atom. The van der Waals surface area contributed by atoms with Crippen LogP contribution in [0.5, 0.6) is 0 Å². The van der Waals surface area contributed by atoms with Crippen molar-refractivity contribution in [3.63, 3.8) is 0 Å². The monoisotopic (exact) mass is 320 g/mol. The Morgan fingerprint density at radius 3 is 2.50 bits per heavy atom. The highest BCUT2D eigenvalue weighted by molar-refractivity contribution is 6.31. The van der Waals surface area contributed by atoms with Gasteiger partial charge >= 0.3 is 0 Å². The average Bonchev–Trinajstić information content (AvgIpc) is 2.86.